The average Bonchev–Trinajstić information content (AvgIpc) is 2.92. The molecule has 2 aromatic heterocycles. The van der Waals surface area contributed by atoms with Gasteiger partial charge < -0.3 is 10.1 Å². The third-order valence-electron chi connectivity index (χ3n) is 2.72. The molecule has 0 spiro atoms. The fraction of sp³-hybridized carbons (Fsp3) is 0.143. The second-order valence-corrected chi connectivity index (χ2v) is 5.95. The van der Waals surface area contributed by atoms with Gasteiger partial charge in [0, 0.05) is 12.6 Å². The third kappa shape index (κ3) is 2.98. The predicted octanol–water partition coefficient (Wildman–Crippen LogP) is 4.82. The van der Waals surface area contributed by atoms with E-state index in [0.29, 0.717) is 28.6 Å². The van der Waals surface area contributed by atoms with Gasteiger partial charge in [0.15, 0.2) is 0 Å². The molecule has 3 aromatic rings. The molecule has 7 heteroatoms. The minimum absolute atomic E-state index is 0.365. The van der Waals surface area contributed by atoms with E-state index in [1.165, 1.54) is 23.5 Å². The molecule has 2 heterocycles. The summed E-state index contributed by atoms with van der Waals surface area (Å²) in [4.78, 5) is 9.57. The van der Waals surface area contributed by atoms with Crippen molar-refractivity contribution in [2.75, 3.05) is 11.9 Å². The Labute approximate surface area is 133 Å². The van der Waals surface area contributed by atoms with E-state index in [2.05, 4.69) is 31.2 Å². The highest BCUT2D eigenvalue weighted by atomic mass is 79.9. The SMILES string of the molecule is CCNc1nc(Oc2cc(F)ccc2Br)c2ccsc2n1. The number of benzene rings is 1. The molecule has 0 bridgehead atoms. The van der Waals surface area contributed by atoms with Gasteiger partial charge in [-0.05, 0) is 46.4 Å². The van der Waals surface area contributed by atoms with E-state index >= 15 is 0 Å². The van der Waals surface area contributed by atoms with Gasteiger partial charge >= 0.3 is 0 Å². The summed E-state index contributed by atoms with van der Waals surface area (Å²) in [6, 6.07) is 6.17. The van der Waals surface area contributed by atoms with E-state index in [0.717, 1.165) is 10.2 Å². The van der Waals surface area contributed by atoms with E-state index in [1.54, 1.807) is 6.07 Å². The molecule has 0 aliphatic carbocycles. The first-order valence-electron chi connectivity index (χ1n) is 6.29. The first-order chi connectivity index (χ1) is 10.2. The van der Waals surface area contributed by atoms with Gasteiger partial charge in [0.25, 0.3) is 0 Å². The first kappa shape index (κ1) is 14.2. The van der Waals surface area contributed by atoms with Crippen LogP contribution in [0.2, 0.25) is 0 Å². The quantitative estimate of drug-likeness (QED) is 0.718. The van der Waals surface area contributed by atoms with Crippen molar-refractivity contribution in [2.45, 2.75) is 6.92 Å². The van der Waals surface area contributed by atoms with E-state index < -0.39 is 0 Å². The Balaban J connectivity index is 2.06. The molecular weight excluding hydrogens is 357 g/mol. The smallest absolute Gasteiger partial charge is 0.232 e. The number of hydrogen-bond donors (Lipinski definition) is 1. The number of ether oxygens (including phenoxy) is 1. The highest BCUT2D eigenvalue weighted by Crippen LogP contribution is 2.34. The van der Waals surface area contributed by atoms with Crippen LogP contribution in [-0.4, -0.2) is 16.5 Å². The second-order valence-electron chi connectivity index (χ2n) is 4.20. The Morgan fingerprint density at radius 3 is 3.00 bits per heavy atom. The Morgan fingerprint density at radius 2 is 2.19 bits per heavy atom. The molecule has 1 aromatic carbocycles. The highest BCUT2D eigenvalue weighted by molar-refractivity contribution is 9.10. The van der Waals surface area contributed by atoms with Crippen LogP contribution in [0, 0.1) is 5.82 Å². The van der Waals surface area contributed by atoms with Crippen molar-refractivity contribution in [3.8, 4) is 11.6 Å². The zero-order chi connectivity index (χ0) is 14.8. The summed E-state index contributed by atoms with van der Waals surface area (Å²) in [6.45, 7) is 2.67. The van der Waals surface area contributed by atoms with Gasteiger partial charge in [-0.2, -0.15) is 4.98 Å². The number of nitrogens with one attached hydrogen (secondary N) is 1. The van der Waals surface area contributed by atoms with Crippen molar-refractivity contribution >= 4 is 43.4 Å². The molecule has 4 nitrogen and oxygen atoms in total. The predicted molar refractivity (Wildman–Crippen MR) is 85.8 cm³/mol. The van der Waals surface area contributed by atoms with Gasteiger partial charge in [0.2, 0.25) is 11.8 Å². The molecule has 0 aliphatic rings. The third-order valence-corrected chi connectivity index (χ3v) is 4.19. The van der Waals surface area contributed by atoms with Crippen molar-refractivity contribution in [3.63, 3.8) is 0 Å². The number of thiophene rings is 1. The van der Waals surface area contributed by atoms with Crippen molar-refractivity contribution < 1.29 is 9.13 Å². The molecule has 0 fully saturated rings. The normalized spacial score (nSPS) is 10.8. The van der Waals surface area contributed by atoms with E-state index in [1.807, 2.05) is 18.4 Å². The van der Waals surface area contributed by atoms with E-state index in [4.69, 9.17) is 4.74 Å². The number of nitrogens with zero attached hydrogens (tertiary/aromatic N) is 2. The number of anilines is 1. The lowest BCUT2D eigenvalue weighted by Crippen LogP contribution is -2.03. The maximum absolute atomic E-state index is 13.4. The highest BCUT2D eigenvalue weighted by Gasteiger charge is 2.13. The summed E-state index contributed by atoms with van der Waals surface area (Å²) < 4.78 is 19.8. The van der Waals surface area contributed by atoms with E-state index in [-0.39, 0.29) is 5.82 Å². The Kier molecular flexibility index (Phi) is 4.03. The van der Waals surface area contributed by atoms with Crippen LogP contribution in [0.1, 0.15) is 6.92 Å². The fourth-order valence-corrected chi connectivity index (χ4v) is 2.88. The minimum Gasteiger partial charge on any atom is -0.437 e. The molecule has 0 amide bonds. The average molecular weight is 368 g/mol. The Bertz CT molecular complexity index is 793. The standard InChI is InChI=1S/C14H11BrFN3OS/c1-2-17-14-18-12(9-5-6-21-13(9)19-14)20-11-7-8(16)3-4-10(11)15/h3-7H,2H2,1H3,(H,17,18,19). The molecule has 0 aliphatic heterocycles. The van der Waals surface area contributed by atoms with Gasteiger partial charge in [-0.3, -0.25) is 0 Å². The molecule has 21 heavy (non-hydrogen) atoms. The summed E-state index contributed by atoms with van der Waals surface area (Å²) >= 11 is 4.85. The van der Waals surface area contributed by atoms with Crippen LogP contribution in [-0.2, 0) is 0 Å². The molecule has 3 rings (SSSR count). The summed E-state index contributed by atoms with van der Waals surface area (Å²) in [7, 11) is 0. The van der Waals surface area contributed by atoms with Crippen molar-refractivity contribution in [1.29, 1.82) is 0 Å². The lowest BCUT2D eigenvalue weighted by molar-refractivity contribution is 0.461. The van der Waals surface area contributed by atoms with Gasteiger partial charge in [-0.15, -0.1) is 11.3 Å². The monoisotopic (exact) mass is 367 g/mol. The van der Waals surface area contributed by atoms with Gasteiger partial charge in [-0.25, -0.2) is 9.37 Å². The Morgan fingerprint density at radius 1 is 1.33 bits per heavy atom. The summed E-state index contributed by atoms with van der Waals surface area (Å²) in [6.07, 6.45) is 0. The summed E-state index contributed by atoms with van der Waals surface area (Å²) in [5.74, 6) is 0.915. The lowest BCUT2D eigenvalue weighted by atomic mass is 10.3. The largest absolute Gasteiger partial charge is 0.437 e. The number of rotatable bonds is 4. The number of halogens is 2. The summed E-state index contributed by atoms with van der Waals surface area (Å²) in [5.41, 5.74) is 0. The molecule has 0 unspecified atom stereocenters. The van der Waals surface area contributed by atoms with Crippen LogP contribution < -0.4 is 10.1 Å². The Hall–Kier alpha value is -1.73. The second kappa shape index (κ2) is 5.95. The zero-order valence-corrected chi connectivity index (χ0v) is 13.5. The molecule has 0 atom stereocenters. The number of aromatic nitrogens is 2. The fourth-order valence-electron chi connectivity index (χ4n) is 1.80. The first-order valence-corrected chi connectivity index (χ1v) is 7.96. The summed E-state index contributed by atoms with van der Waals surface area (Å²) in [5, 5.41) is 5.78. The van der Waals surface area contributed by atoms with Crippen LogP contribution in [0.5, 0.6) is 11.6 Å². The molecular formula is C14H11BrFN3OS. The maximum Gasteiger partial charge on any atom is 0.232 e. The van der Waals surface area contributed by atoms with Crippen LogP contribution in [0.25, 0.3) is 10.2 Å². The number of hydrogen-bond acceptors (Lipinski definition) is 5. The molecule has 0 saturated heterocycles. The molecule has 108 valence electrons. The molecule has 0 radical (unpaired) electrons. The zero-order valence-electron chi connectivity index (χ0n) is 11.1. The van der Waals surface area contributed by atoms with Crippen molar-refractivity contribution in [1.82, 2.24) is 9.97 Å². The van der Waals surface area contributed by atoms with Gasteiger partial charge in [-0.1, -0.05) is 0 Å². The minimum atomic E-state index is -0.365. The van der Waals surface area contributed by atoms with Crippen molar-refractivity contribution in [2.24, 2.45) is 0 Å². The van der Waals surface area contributed by atoms with E-state index in [9.17, 15) is 4.39 Å². The molecule has 0 saturated carbocycles. The van der Waals surface area contributed by atoms with Gasteiger partial charge in [0.05, 0.1) is 9.86 Å². The van der Waals surface area contributed by atoms with Gasteiger partial charge in [0.1, 0.15) is 16.4 Å². The van der Waals surface area contributed by atoms with Crippen LogP contribution in [0.15, 0.2) is 34.1 Å². The van der Waals surface area contributed by atoms with Crippen LogP contribution in [0.4, 0.5) is 10.3 Å². The number of fused-ring (bicyclic) bond motifs is 1. The van der Waals surface area contributed by atoms with Crippen LogP contribution in [0.3, 0.4) is 0 Å². The van der Waals surface area contributed by atoms with Crippen LogP contribution >= 0.6 is 27.3 Å². The van der Waals surface area contributed by atoms with Crippen molar-refractivity contribution in [3.05, 3.63) is 39.9 Å². The maximum atomic E-state index is 13.4. The topological polar surface area (TPSA) is 47.0 Å². The molecule has 1 N–H and O–H groups in total. The lowest BCUT2D eigenvalue weighted by Gasteiger charge is -2.09.